The van der Waals surface area contributed by atoms with Crippen LogP contribution < -0.4 is 10.6 Å². The average Bonchev–Trinajstić information content (AvgIpc) is 3.48. The molecule has 5 rings (SSSR count). The summed E-state index contributed by atoms with van der Waals surface area (Å²) in [5.41, 5.74) is -0.401. The largest absolute Gasteiger partial charge is 0.505 e. The summed E-state index contributed by atoms with van der Waals surface area (Å²) in [5.74, 6) is -6.05. The van der Waals surface area contributed by atoms with E-state index in [0.29, 0.717) is 23.1 Å². The number of carbonyl (C=O) groups excluding carboxylic acids is 3. The first-order chi connectivity index (χ1) is 21.9. The van der Waals surface area contributed by atoms with E-state index in [9.17, 15) is 49.2 Å². The number of amides is 3. The number of carbonyl (C=O) groups is 4. The summed E-state index contributed by atoms with van der Waals surface area (Å²) in [6, 6.07) is 4.23. The summed E-state index contributed by atoms with van der Waals surface area (Å²) < 4.78 is 14.3. The number of oxime groups is 1. The number of halogens is 2. The van der Waals surface area contributed by atoms with Crippen molar-refractivity contribution in [2.24, 2.45) is 5.16 Å². The van der Waals surface area contributed by atoms with E-state index in [1.807, 2.05) is 0 Å². The molecule has 2 fully saturated rings. The molecule has 0 aromatic heterocycles. The van der Waals surface area contributed by atoms with Crippen molar-refractivity contribution in [3.05, 3.63) is 63.6 Å². The molecule has 0 radical (unpaired) electrons. The third-order valence-corrected chi connectivity index (χ3v) is 10.0. The molecule has 3 amide bonds. The standard InChI is InChI=1S/C29H29ClFN5O9S/c30-20-16(4-6-19(38)24(20)39)25(40)32-7-10-36(8-1-2-9-36)12-15-13-46-28-22(27(42)35(28)23(15)29(43)44)33-26(41)21(34-45)14-3-5-18(37)17(31)11-14/h3-6,11,22,28H,1-2,7-10,12-13H2,(H6-,32,33,34,37,38,39,40,41,43,44,45)/p+1/t22-,28-/m1/s1. The Kier molecular flexibility index (Phi) is 9.32. The summed E-state index contributed by atoms with van der Waals surface area (Å²) >= 11 is 7.27. The van der Waals surface area contributed by atoms with Gasteiger partial charge in [0.1, 0.15) is 23.7 Å². The van der Waals surface area contributed by atoms with E-state index in [2.05, 4.69) is 15.8 Å². The lowest BCUT2D eigenvalue weighted by Crippen LogP contribution is -2.71. The maximum Gasteiger partial charge on any atom is 0.352 e. The van der Waals surface area contributed by atoms with Crippen molar-refractivity contribution in [2.45, 2.75) is 24.3 Å². The van der Waals surface area contributed by atoms with E-state index in [1.54, 1.807) is 0 Å². The number of likely N-dealkylation sites (tertiary alicyclic amines) is 1. The number of carboxylic acids is 1. The maximum atomic E-state index is 13.8. The first-order valence-corrected chi connectivity index (χ1v) is 15.6. The topological polar surface area (TPSA) is 209 Å². The summed E-state index contributed by atoms with van der Waals surface area (Å²) in [5, 5.41) is 55.5. The van der Waals surface area contributed by atoms with E-state index in [-0.39, 0.29) is 34.1 Å². The number of phenolic OH excluding ortho intramolecular Hbond substituents is 3. The zero-order valence-electron chi connectivity index (χ0n) is 24.1. The van der Waals surface area contributed by atoms with Crippen LogP contribution in [0.5, 0.6) is 17.2 Å². The van der Waals surface area contributed by atoms with E-state index < -0.39 is 63.9 Å². The molecule has 0 spiro atoms. The lowest BCUT2D eigenvalue weighted by atomic mass is 10.0. The molecular formula is C29H30ClFN5O9S+. The fourth-order valence-corrected chi connectivity index (χ4v) is 7.59. The number of thioether (sulfide) groups is 1. The molecule has 2 saturated heterocycles. The highest BCUT2D eigenvalue weighted by Gasteiger charge is 2.55. The molecule has 14 nitrogen and oxygen atoms in total. The molecule has 17 heteroatoms. The highest BCUT2D eigenvalue weighted by Crippen LogP contribution is 2.41. The van der Waals surface area contributed by atoms with Crippen LogP contribution in [-0.2, 0) is 14.4 Å². The minimum Gasteiger partial charge on any atom is -0.505 e. The van der Waals surface area contributed by atoms with E-state index >= 15 is 0 Å². The van der Waals surface area contributed by atoms with Crippen LogP contribution in [0.4, 0.5) is 4.39 Å². The number of rotatable bonds is 10. The van der Waals surface area contributed by atoms with Crippen molar-refractivity contribution in [2.75, 3.05) is 38.5 Å². The highest BCUT2D eigenvalue weighted by atomic mass is 35.5. The van der Waals surface area contributed by atoms with Gasteiger partial charge in [-0.1, -0.05) is 16.8 Å². The number of fused-ring (bicyclic) bond motifs is 1. The third-order valence-electron chi connectivity index (χ3n) is 8.32. The quantitative estimate of drug-likeness (QED) is 0.0482. The van der Waals surface area contributed by atoms with Crippen LogP contribution in [0.25, 0.3) is 0 Å². The van der Waals surface area contributed by atoms with Gasteiger partial charge in [0.15, 0.2) is 28.8 Å². The fourth-order valence-electron chi connectivity index (χ4n) is 6.01. The predicted molar refractivity (Wildman–Crippen MR) is 162 cm³/mol. The number of aromatic hydroxyl groups is 3. The summed E-state index contributed by atoms with van der Waals surface area (Å²) in [6.45, 7) is 2.40. The lowest BCUT2D eigenvalue weighted by molar-refractivity contribution is -0.911. The van der Waals surface area contributed by atoms with Gasteiger partial charge in [-0.3, -0.25) is 19.3 Å². The summed E-state index contributed by atoms with van der Waals surface area (Å²) in [7, 11) is 0. The van der Waals surface area contributed by atoms with Gasteiger partial charge < -0.3 is 40.7 Å². The number of benzene rings is 2. The summed E-state index contributed by atoms with van der Waals surface area (Å²) in [6.07, 6.45) is 1.76. The molecule has 3 aliphatic rings. The van der Waals surface area contributed by atoms with Crippen LogP contribution in [0.2, 0.25) is 5.02 Å². The van der Waals surface area contributed by atoms with Gasteiger partial charge in [0.25, 0.3) is 17.7 Å². The van der Waals surface area contributed by atoms with Gasteiger partial charge in [-0.25, -0.2) is 9.18 Å². The molecule has 2 aromatic carbocycles. The van der Waals surface area contributed by atoms with Crippen molar-refractivity contribution in [1.29, 1.82) is 0 Å². The monoisotopic (exact) mass is 678 g/mol. The number of nitrogens with zero attached hydrogens (tertiary/aromatic N) is 3. The zero-order valence-corrected chi connectivity index (χ0v) is 25.6. The van der Waals surface area contributed by atoms with Crippen molar-refractivity contribution < 1.29 is 53.7 Å². The van der Waals surface area contributed by atoms with Crippen LogP contribution >= 0.6 is 23.4 Å². The van der Waals surface area contributed by atoms with Crippen molar-refractivity contribution in [1.82, 2.24) is 15.5 Å². The Morgan fingerprint density at radius 1 is 1.11 bits per heavy atom. The van der Waals surface area contributed by atoms with Crippen molar-refractivity contribution >= 4 is 52.8 Å². The molecule has 0 bridgehead atoms. The van der Waals surface area contributed by atoms with E-state index in [1.165, 1.54) is 17.8 Å². The van der Waals surface area contributed by atoms with Crippen LogP contribution in [0, 0.1) is 5.82 Å². The van der Waals surface area contributed by atoms with Gasteiger partial charge in [0.05, 0.1) is 36.8 Å². The van der Waals surface area contributed by atoms with Crippen LogP contribution in [0.3, 0.4) is 0 Å². The summed E-state index contributed by atoms with van der Waals surface area (Å²) in [4.78, 5) is 52.4. The second-order valence-electron chi connectivity index (χ2n) is 11.2. The van der Waals surface area contributed by atoms with E-state index in [4.69, 9.17) is 11.6 Å². The lowest BCUT2D eigenvalue weighted by Gasteiger charge is -2.50. The molecule has 0 aliphatic carbocycles. The second kappa shape index (κ2) is 13.1. The van der Waals surface area contributed by atoms with Gasteiger partial charge in [0.2, 0.25) is 0 Å². The molecule has 2 aromatic rings. The van der Waals surface area contributed by atoms with Crippen molar-refractivity contribution in [3.8, 4) is 17.2 Å². The Morgan fingerprint density at radius 2 is 1.80 bits per heavy atom. The minimum absolute atomic E-state index is 0.0129. The molecule has 0 unspecified atom stereocenters. The Balaban J connectivity index is 1.27. The Hall–Kier alpha value is -4.54. The molecular weight excluding hydrogens is 649 g/mol. The SMILES string of the molecule is O=C(O)C1=C(C[N+]2(CCNC(=O)c3ccc(O)c(O)c3Cl)CCCC2)CS[C@@H]2[C@H](NC(=O)/C(=N\O)c3ccc(O)c(F)c3)C(=O)N12. The molecule has 2 atom stereocenters. The van der Waals surface area contributed by atoms with Gasteiger partial charge in [-0.15, -0.1) is 11.8 Å². The van der Waals surface area contributed by atoms with Gasteiger partial charge in [-0.05, 0) is 30.3 Å². The van der Waals surface area contributed by atoms with Gasteiger partial charge in [0, 0.05) is 29.7 Å². The normalized spacial score (nSPS) is 20.6. The maximum absolute atomic E-state index is 13.8. The zero-order chi connectivity index (χ0) is 33.3. The predicted octanol–water partition coefficient (Wildman–Crippen LogP) is 1.55. The number of hydrogen-bond donors (Lipinski definition) is 7. The number of phenols is 3. The highest BCUT2D eigenvalue weighted by molar-refractivity contribution is 8.00. The van der Waals surface area contributed by atoms with Gasteiger partial charge in [-0.2, -0.15) is 0 Å². The van der Waals surface area contributed by atoms with Crippen LogP contribution in [-0.4, -0.2) is 114 Å². The molecule has 46 heavy (non-hydrogen) atoms. The van der Waals surface area contributed by atoms with Gasteiger partial charge >= 0.3 is 5.97 Å². The average molecular weight is 679 g/mol. The number of hydrogen-bond acceptors (Lipinski definition) is 10. The van der Waals surface area contributed by atoms with Crippen LogP contribution in [0.1, 0.15) is 28.8 Å². The molecule has 244 valence electrons. The van der Waals surface area contributed by atoms with Crippen LogP contribution in [0.15, 0.2) is 46.8 Å². The third kappa shape index (κ3) is 6.15. The number of aliphatic carboxylic acids is 1. The first kappa shape index (κ1) is 32.8. The molecule has 0 saturated carbocycles. The number of β-lactam (4-membered cyclic amide) rings is 1. The fraction of sp³-hybridized carbons (Fsp3) is 0.345. The number of quaternary nitrogens is 1. The number of nitrogens with one attached hydrogen (secondary N) is 2. The first-order valence-electron chi connectivity index (χ1n) is 14.1. The number of carboxylic acid groups (broad SMARTS) is 1. The molecule has 3 aliphatic heterocycles. The minimum atomic E-state index is -1.30. The van der Waals surface area contributed by atoms with Crippen molar-refractivity contribution in [3.63, 3.8) is 0 Å². The Bertz CT molecular complexity index is 1680. The Labute approximate surface area is 270 Å². The Morgan fingerprint density at radius 3 is 2.46 bits per heavy atom. The van der Waals surface area contributed by atoms with E-state index in [0.717, 1.165) is 55.1 Å². The molecule has 7 N–H and O–H groups in total. The molecule has 3 heterocycles. The second-order valence-corrected chi connectivity index (χ2v) is 12.6. The smallest absolute Gasteiger partial charge is 0.352 e.